The van der Waals surface area contributed by atoms with Crippen LogP contribution in [-0.4, -0.2) is 48.0 Å². The van der Waals surface area contributed by atoms with E-state index in [0.717, 1.165) is 6.20 Å². The van der Waals surface area contributed by atoms with Gasteiger partial charge in [0.25, 0.3) is 0 Å². The number of amides is 2. The molecule has 1 aromatic heterocycles. The third-order valence-corrected chi connectivity index (χ3v) is 4.80. The Hall–Kier alpha value is -3.34. The first-order chi connectivity index (χ1) is 14.1. The summed E-state index contributed by atoms with van der Waals surface area (Å²) in [6.07, 6.45) is -2.91. The lowest BCUT2D eigenvalue weighted by atomic mass is 9.77. The van der Waals surface area contributed by atoms with Crippen LogP contribution in [-0.2, 0) is 0 Å². The van der Waals surface area contributed by atoms with Gasteiger partial charge in [0.15, 0.2) is 17.3 Å². The molecule has 2 aromatic rings. The van der Waals surface area contributed by atoms with Gasteiger partial charge in [-0.05, 0) is 29.8 Å². The van der Waals surface area contributed by atoms with Crippen molar-refractivity contribution in [1.82, 2.24) is 15.6 Å². The molecule has 160 valence electrons. The molecule has 1 fully saturated rings. The highest BCUT2D eigenvalue weighted by Crippen LogP contribution is 2.45. The average Bonchev–Trinajstić information content (AvgIpc) is 2.72. The largest absolute Gasteiger partial charge is 0.493 e. The first kappa shape index (κ1) is 21.4. The molecule has 8 nitrogen and oxygen atoms in total. The Bertz CT molecular complexity index is 954. The van der Waals surface area contributed by atoms with E-state index in [1.165, 1.54) is 56.1 Å². The molecule has 0 aliphatic carbocycles. The Morgan fingerprint density at radius 2 is 1.90 bits per heavy atom. The van der Waals surface area contributed by atoms with Crippen molar-refractivity contribution in [2.45, 2.75) is 17.9 Å². The number of nitrogens with one attached hydrogen (secondary N) is 2. The maximum absolute atomic E-state index is 13.9. The van der Waals surface area contributed by atoms with Crippen LogP contribution < -0.4 is 20.1 Å². The minimum atomic E-state index is -5.35. The zero-order valence-corrected chi connectivity index (χ0v) is 15.9. The number of ketones is 1. The van der Waals surface area contributed by atoms with Gasteiger partial charge >= 0.3 is 12.2 Å². The number of methoxy groups -OCH3 is 2. The zero-order chi connectivity index (χ0) is 22.1. The van der Waals surface area contributed by atoms with Gasteiger partial charge in [-0.1, -0.05) is 6.07 Å². The molecule has 1 aliphatic heterocycles. The second kappa shape index (κ2) is 7.82. The summed E-state index contributed by atoms with van der Waals surface area (Å²) in [4.78, 5) is 28.9. The van der Waals surface area contributed by atoms with Gasteiger partial charge in [0.1, 0.15) is 5.92 Å². The number of carbonyl (C=O) groups is 2. The van der Waals surface area contributed by atoms with Crippen molar-refractivity contribution in [1.29, 1.82) is 0 Å². The molecule has 2 amide bonds. The van der Waals surface area contributed by atoms with Gasteiger partial charge in [-0.3, -0.25) is 9.78 Å². The SMILES string of the molecule is COc1ccc([C@@H]2NC(=O)N[C@](O)(C(F)(F)F)[C@H]2C(=O)c2cccnc2)cc1OC. The Morgan fingerprint density at radius 1 is 1.20 bits per heavy atom. The van der Waals surface area contributed by atoms with Gasteiger partial charge in [0, 0.05) is 18.0 Å². The van der Waals surface area contributed by atoms with Crippen molar-refractivity contribution in [3.63, 3.8) is 0 Å². The first-order valence-corrected chi connectivity index (χ1v) is 8.66. The fourth-order valence-corrected chi connectivity index (χ4v) is 3.35. The molecule has 3 atom stereocenters. The second-order valence-corrected chi connectivity index (χ2v) is 6.54. The van der Waals surface area contributed by atoms with Gasteiger partial charge < -0.3 is 25.2 Å². The topological polar surface area (TPSA) is 110 Å². The molecule has 0 radical (unpaired) electrons. The number of ether oxygens (including phenoxy) is 2. The molecule has 11 heteroatoms. The van der Waals surface area contributed by atoms with E-state index in [9.17, 15) is 27.9 Å². The highest BCUT2D eigenvalue weighted by molar-refractivity contribution is 6.00. The summed E-state index contributed by atoms with van der Waals surface area (Å²) in [5.41, 5.74) is -3.87. The molecular weight excluding hydrogens is 407 g/mol. The van der Waals surface area contributed by atoms with E-state index in [0.29, 0.717) is 5.75 Å². The number of halogens is 3. The van der Waals surface area contributed by atoms with Crippen molar-refractivity contribution in [2.75, 3.05) is 14.2 Å². The van der Waals surface area contributed by atoms with Gasteiger partial charge in [-0.15, -0.1) is 0 Å². The Balaban J connectivity index is 2.18. The van der Waals surface area contributed by atoms with Gasteiger partial charge in [-0.2, -0.15) is 13.2 Å². The summed E-state index contributed by atoms with van der Waals surface area (Å²) >= 11 is 0. The summed E-state index contributed by atoms with van der Waals surface area (Å²) in [7, 11) is 2.70. The van der Waals surface area contributed by atoms with Gasteiger partial charge in [0.05, 0.1) is 20.3 Å². The van der Waals surface area contributed by atoms with Gasteiger partial charge in [0.2, 0.25) is 5.72 Å². The average molecular weight is 425 g/mol. The van der Waals surface area contributed by atoms with Crippen LogP contribution in [0.1, 0.15) is 22.0 Å². The summed E-state index contributed by atoms with van der Waals surface area (Å²) in [6.45, 7) is 0. The van der Waals surface area contributed by atoms with Crippen molar-refractivity contribution in [3.05, 3.63) is 53.9 Å². The molecule has 3 rings (SSSR count). The van der Waals surface area contributed by atoms with E-state index >= 15 is 0 Å². The zero-order valence-electron chi connectivity index (χ0n) is 15.9. The number of hydrogen-bond donors (Lipinski definition) is 3. The minimum Gasteiger partial charge on any atom is -0.493 e. The number of hydrogen-bond acceptors (Lipinski definition) is 6. The lowest BCUT2D eigenvalue weighted by molar-refractivity contribution is -0.287. The number of aliphatic hydroxyl groups is 1. The van der Waals surface area contributed by atoms with Crippen LogP contribution in [0.3, 0.4) is 0 Å². The second-order valence-electron chi connectivity index (χ2n) is 6.54. The monoisotopic (exact) mass is 425 g/mol. The highest BCUT2D eigenvalue weighted by Gasteiger charge is 2.66. The number of carbonyl (C=O) groups excluding carboxylic acids is 2. The summed E-state index contributed by atoms with van der Waals surface area (Å²) in [5, 5.41) is 14.3. The molecule has 1 aromatic carbocycles. The highest BCUT2D eigenvalue weighted by atomic mass is 19.4. The molecule has 0 saturated carbocycles. The third kappa shape index (κ3) is 3.63. The van der Waals surface area contributed by atoms with Crippen LogP contribution in [0.15, 0.2) is 42.7 Å². The minimum absolute atomic E-state index is 0.104. The summed E-state index contributed by atoms with van der Waals surface area (Å²) in [5.74, 6) is -2.75. The number of nitrogens with zero attached hydrogens (tertiary/aromatic N) is 1. The van der Waals surface area contributed by atoms with E-state index in [1.54, 1.807) is 0 Å². The number of aromatic nitrogens is 1. The maximum Gasteiger partial charge on any atom is 0.437 e. The number of urea groups is 1. The molecule has 0 spiro atoms. The maximum atomic E-state index is 13.9. The van der Waals surface area contributed by atoms with Crippen molar-refractivity contribution in [3.8, 4) is 11.5 Å². The van der Waals surface area contributed by atoms with Crippen LogP contribution in [0.5, 0.6) is 11.5 Å². The summed E-state index contributed by atoms with van der Waals surface area (Å²) in [6, 6.07) is 3.95. The van der Waals surface area contributed by atoms with Crippen LogP contribution in [0.4, 0.5) is 18.0 Å². The number of pyridine rings is 1. The number of alkyl halides is 3. The van der Waals surface area contributed by atoms with E-state index in [-0.39, 0.29) is 16.9 Å². The molecule has 0 bridgehead atoms. The lowest BCUT2D eigenvalue weighted by Gasteiger charge is -2.45. The number of Topliss-reactive ketones (excluding diaryl/α,β-unsaturated/α-hetero) is 1. The van der Waals surface area contributed by atoms with E-state index in [1.807, 2.05) is 0 Å². The molecule has 0 unspecified atom stereocenters. The number of rotatable bonds is 5. The lowest BCUT2D eigenvalue weighted by Crippen LogP contribution is -2.72. The molecule has 30 heavy (non-hydrogen) atoms. The molecule has 3 N–H and O–H groups in total. The molecule has 1 aliphatic rings. The normalized spacial score (nSPS) is 23.9. The van der Waals surface area contributed by atoms with E-state index in [4.69, 9.17) is 9.47 Å². The quantitative estimate of drug-likeness (QED) is 0.634. The Kier molecular flexibility index (Phi) is 5.57. The van der Waals surface area contributed by atoms with Crippen LogP contribution in [0, 0.1) is 5.92 Å². The predicted molar refractivity (Wildman–Crippen MR) is 97.0 cm³/mol. The van der Waals surface area contributed by atoms with Gasteiger partial charge in [-0.25, -0.2) is 4.79 Å². The smallest absolute Gasteiger partial charge is 0.437 e. The standard InChI is InChI=1S/C19H18F3N3O5/c1-29-12-6-5-10(8-13(12)30-2)15-14(16(26)11-4-3-7-23-9-11)18(28,19(20,21)22)25-17(27)24-15/h3-9,14-15,28H,1-2H3,(H2,24,25,27)/t14-,15+,18-/m1/s1. The predicted octanol–water partition coefficient (Wildman–Crippen LogP) is 2.20. The Morgan fingerprint density at radius 3 is 2.47 bits per heavy atom. The third-order valence-electron chi connectivity index (χ3n) is 4.80. The van der Waals surface area contributed by atoms with Crippen LogP contribution in [0.2, 0.25) is 0 Å². The van der Waals surface area contributed by atoms with Crippen LogP contribution >= 0.6 is 0 Å². The van der Waals surface area contributed by atoms with Crippen molar-refractivity contribution < 1.29 is 37.3 Å². The molecular formula is C19H18F3N3O5. The molecule has 1 saturated heterocycles. The number of benzene rings is 1. The van der Waals surface area contributed by atoms with Crippen molar-refractivity contribution >= 4 is 11.8 Å². The van der Waals surface area contributed by atoms with E-state index in [2.05, 4.69) is 10.3 Å². The van der Waals surface area contributed by atoms with Crippen LogP contribution in [0.25, 0.3) is 0 Å². The fourth-order valence-electron chi connectivity index (χ4n) is 3.35. The van der Waals surface area contributed by atoms with E-state index < -0.39 is 35.7 Å². The Labute approximate surface area is 169 Å². The summed E-state index contributed by atoms with van der Waals surface area (Å²) < 4.78 is 51.9. The molecule has 2 heterocycles. The fraction of sp³-hybridized carbons (Fsp3) is 0.316. The first-order valence-electron chi connectivity index (χ1n) is 8.66. The van der Waals surface area contributed by atoms with Crippen molar-refractivity contribution in [2.24, 2.45) is 5.92 Å².